The summed E-state index contributed by atoms with van der Waals surface area (Å²) in [6, 6.07) is 17.4. The van der Waals surface area contributed by atoms with E-state index >= 15 is 0 Å². The lowest BCUT2D eigenvalue weighted by Crippen LogP contribution is -1.99. The van der Waals surface area contributed by atoms with Crippen molar-refractivity contribution in [2.24, 2.45) is 0 Å². The van der Waals surface area contributed by atoms with E-state index in [9.17, 15) is 4.79 Å². The second-order valence-corrected chi connectivity index (χ2v) is 5.77. The number of carbonyl (C=O) groups excluding carboxylic acids is 1. The average Bonchev–Trinajstić information content (AvgIpc) is 3.17. The summed E-state index contributed by atoms with van der Waals surface area (Å²) in [7, 11) is 0. The molecular formula is C20H16N4O. The van der Waals surface area contributed by atoms with E-state index in [4.69, 9.17) is 4.98 Å². The summed E-state index contributed by atoms with van der Waals surface area (Å²) < 4.78 is 1.87. The second-order valence-electron chi connectivity index (χ2n) is 5.77. The molecule has 0 unspecified atom stereocenters. The summed E-state index contributed by atoms with van der Waals surface area (Å²) in [4.78, 5) is 20.2. The number of aromatic nitrogens is 3. The van der Waals surface area contributed by atoms with Crippen LogP contribution < -0.4 is 5.32 Å². The number of anilines is 2. The fourth-order valence-electron chi connectivity index (χ4n) is 2.74. The van der Waals surface area contributed by atoms with E-state index in [1.165, 1.54) is 0 Å². The molecule has 0 bridgehead atoms. The lowest BCUT2D eigenvalue weighted by atomic mass is 10.1. The highest BCUT2D eigenvalue weighted by Gasteiger charge is 2.08. The molecule has 2 aromatic heterocycles. The van der Waals surface area contributed by atoms with Crippen LogP contribution in [0.2, 0.25) is 0 Å². The zero-order valence-electron chi connectivity index (χ0n) is 13.7. The zero-order chi connectivity index (χ0) is 17.2. The number of carbonyl (C=O) groups is 1. The summed E-state index contributed by atoms with van der Waals surface area (Å²) in [5.41, 5.74) is 3.46. The number of fused-ring (bicyclic) bond motifs is 1. The van der Waals surface area contributed by atoms with E-state index in [-0.39, 0.29) is 5.78 Å². The number of benzene rings is 2. The Morgan fingerprint density at radius 3 is 2.60 bits per heavy atom. The Balaban J connectivity index is 1.78. The predicted octanol–water partition coefficient (Wildman–Crippen LogP) is 4.37. The van der Waals surface area contributed by atoms with Gasteiger partial charge in [-0.05, 0) is 37.3 Å². The van der Waals surface area contributed by atoms with Gasteiger partial charge in [0.25, 0.3) is 0 Å². The minimum Gasteiger partial charge on any atom is -0.355 e. The van der Waals surface area contributed by atoms with Crippen LogP contribution in [-0.2, 0) is 0 Å². The maximum Gasteiger partial charge on any atom is 0.159 e. The molecule has 0 atom stereocenters. The van der Waals surface area contributed by atoms with Crippen molar-refractivity contribution in [2.75, 3.05) is 5.32 Å². The molecule has 25 heavy (non-hydrogen) atoms. The first kappa shape index (κ1) is 15.1. The fourth-order valence-corrected chi connectivity index (χ4v) is 2.74. The molecule has 1 N–H and O–H groups in total. The van der Waals surface area contributed by atoms with Crippen LogP contribution in [0, 0.1) is 0 Å². The molecule has 2 heterocycles. The number of nitrogens with zero attached hydrogens (tertiary/aromatic N) is 3. The number of ketones is 1. The van der Waals surface area contributed by atoms with Crippen molar-refractivity contribution in [3.05, 3.63) is 78.9 Å². The third-order valence-corrected chi connectivity index (χ3v) is 4.04. The van der Waals surface area contributed by atoms with Gasteiger partial charge in [-0.15, -0.1) is 0 Å². The topological polar surface area (TPSA) is 59.8 Å². The molecule has 2 aromatic carbocycles. The van der Waals surface area contributed by atoms with E-state index in [1.807, 2.05) is 65.4 Å². The second kappa shape index (κ2) is 6.20. The molecule has 4 aromatic rings. The molecule has 4 rings (SSSR count). The van der Waals surface area contributed by atoms with Crippen LogP contribution in [-0.4, -0.2) is 20.3 Å². The van der Waals surface area contributed by atoms with Crippen LogP contribution in [0.25, 0.3) is 16.7 Å². The molecular weight excluding hydrogens is 312 g/mol. The Hall–Kier alpha value is -3.47. The first-order chi connectivity index (χ1) is 12.2. The predicted molar refractivity (Wildman–Crippen MR) is 98.6 cm³/mol. The Labute approximate surface area is 145 Å². The van der Waals surface area contributed by atoms with Gasteiger partial charge in [0.05, 0.1) is 11.2 Å². The zero-order valence-corrected chi connectivity index (χ0v) is 13.7. The van der Waals surface area contributed by atoms with Crippen LogP contribution in [0.4, 0.5) is 11.4 Å². The van der Waals surface area contributed by atoms with Crippen LogP contribution in [0.5, 0.6) is 0 Å². The number of nitrogens with one attached hydrogen (secondary N) is 1. The first-order valence-electron chi connectivity index (χ1n) is 7.97. The largest absolute Gasteiger partial charge is 0.355 e. The Morgan fingerprint density at radius 1 is 1.08 bits per heavy atom. The molecule has 122 valence electrons. The highest BCUT2D eigenvalue weighted by molar-refractivity contribution is 5.96. The molecule has 0 fully saturated rings. The van der Waals surface area contributed by atoms with Crippen LogP contribution in [0.3, 0.4) is 0 Å². The summed E-state index contributed by atoms with van der Waals surface area (Å²) in [6.45, 7) is 1.57. The van der Waals surface area contributed by atoms with E-state index in [0.29, 0.717) is 5.56 Å². The van der Waals surface area contributed by atoms with Crippen molar-refractivity contribution in [2.45, 2.75) is 6.92 Å². The van der Waals surface area contributed by atoms with Gasteiger partial charge in [-0.3, -0.25) is 9.36 Å². The van der Waals surface area contributed by atoms with Gasteiger partial charge >= 0.3 is 0 Å². The van der Waals surface area contributed by atoms with Crippen molar-refractivity contribution in [3.8, 4) is 5.82 Å². The Kier molecular flexibility index (Phi) is 3.74. The quantitative estimate of drug-likeness (QED) is 0.565. The molecule has 0 saturated heterocycles. The van der Waals surface area contributed by atoms with Gasteiger partial charge in [-0.1, -0.05) is 18.2 Å². The summed E-state index contributed by atoms with van der Waals surface area (Å²) >= 11 is 0. The standard InChI is InChI=1S/C20H16N4O/c1-14(25)15-6-8-16(9-7-15)22-19-12-20(24-11-10-21-13-24)23-18-5-3-2-4-17(18)19/h2-13H,1H3,(H,22,23). The minimum absolute atomic E-state index is 0.0586. The van der Waals surface area contributed by atoms with Crippen molar-refractivity contribution in [1.29, 1.82) is 0 Å². The number of rotatable bonds is 4. The third kappa shape index (κ3) is 2.99. The van der Waals surface area contributed by atoms with Gasteiger partial charge in [-0.2, -0.15) is 0 Å². The highest BCUT2D eigenvalue weighted by Crippen LogP contribution is 2.27. The highest BCUT2D eigenvalue weighted by atomic mass is 16.1. The lowest BCUT2D eigenvalue weighted by molar-refractivity contribution is 0.101. The van der Waals surface area contributed by atoms with Crippen molar-refractivity contribution >= 4 is 28.1 Å². The summed E-state index contributed by atoms with van der Waals surface area (Å²) in [5, 5.41) is 4.46. The van der Waals surface area contributed by atoms with Crippen molar-refractivity contribution < 1.29 is 4.79 Å². The average molecular weight is 328 g/mol. The molecule has 0 spiro atoms. The number of pyridine rings is 1. The number of imidazole rings is 1. The van der Waals surface area contributed by atoms with Gasteiger partial charge in [0.2, 0.25) is 0 Å². The minimum atomic E-state index is 0.0586. The number of para-hydroxylation sites is 1. The van der Waals surface area contributed by atoms with E-state index in [1.54, 1.807) is 19.4 Å². The molecule has 0 saturated carbocycles. The third-order valence-electron chi connectivity index (χ3n) is 4.04. The fraction of sp³-hybridized carbons (Fsp3) is 0.0500. The van der Waals surface area contributed by atoms with Gasteiger partial charge in [0, 0.05) is 35.1 Å². The van der Waals surface area contributed by atoms with Crippen LogP contribution in [0.15, 0.2) is 73.3 Å². The summed E-state index contributed by atoms with van der Waals surface area (Å²) in [6.07, 6.45) is 5.32. The summed E-state index contributed by atoms with van der Waals surface area (Å²) in [5.74, 6) is 0.849. The molecule has 5 nitrogen and oxygen atoms in total. The van der Waals surface area contributed by atoms with Gasteiger partial charge in [0.1, 0.15) is 12.1 Å². The van der Waals surface area contributed by atoms with E-state index in [0.717, 1.165) is 28.1 Å². The van der Waals surface area contributed by atoms with Crippen LogP contribution >= 0.6 is 0 Å². The van der Waals surface area contributed by atoms with Crippen molar-refractivity contribution in [1.82, 2.24) is 14.5 Å². The Bertz CT molecular complexity index is 1040. The number of hydrogen-bond donors (Lipinski definition) is 1. The van der Waals surface area contributed by atoms with Crippen LogP contribution in [0.1, 0.15) is 17.3 Å². The van der Waals surface area contributed by atoms with Gasteiger partial charge in [0.15, 0.2) is 5.78 Å². The Morgan fingerprint density at radius 2 is 1.88 bits per heavy atom. The van der Waals surface area contributed by atoms with Gasteiger partial charge < -0.3 is 5.32 Å². The van der Waals surface area contributed by atoms with E-state index < -0.39 is 0 Å². The monoisotopic (exact) mass is 328 g/mol. The molecule has 0 aliphatic carbocycles. The maximum absolute atomic E-state index is 11.4. The van der Waals surface area contributed by atoms with Gasteiger partial charge in [-0.25, -0.2) is 9.97 Å². The SMILES string of the molecule is CC(=O)c1ccc(Nc2cc(-n3ccnc3)nc3ccccc23)cc1. The molecule has 0 amide bonds. The molecule has 0 radical (unpaired) electrons. The molecule has 0 aliphatic rings. The lowest BCUT2D eigenvalue weighted by Gasteiger charge is -2.12. The van der Waals surface area contributed by atoms with Crippen molar-refractivity contribution in [3.63, 3.8) is 0 Å². The maximum atomic E-state index is 11.4. The normalized spacial score (nSPS) is 10.8. The van der Waals surface area contributed by atoms with E-state index in [2.05, 4.69) is 10.3 Å². The first-order valence-corrected chi connectivity index (χ1v) is 7.97. The number of Topliss-reactive ketones (excluding diaryl/α,β-unsaturated/α-hetero) is 1. The molecule has 5 heteroatoms. The molecule has 0 aliphatic heterocycles. The smallest absolute Gasteiger partial charge is 0.159 e. The number of hydrogen-bond acceptors (Lipinski definition) is 4.